The van der Waals surface area contributed by atoms with Crippen LogP contribution in [0.15, 0.2) is 29.2 Å². The first-order valence-electron chi connectivity index (χ1n) is 4.43. The molecule has 1 aromatic carbocycles. The van der Waals surface area contributed by atoms with Crippen molar-refractivity contribution in [3.05, 3.63) is 40.3 Å². The van der Waals surface area contributed by atoms with Crippen molar-refractivity contribution in [2.45, 2.75) is 6.18 Å². The highest BCUT2D eigenvalue weighted by atomic mass is 19.4. The zero-order chi connectivity index (χ0) is 11.9. The Hall–Kier alpha value is -1.85. The molecule has 2 rings (SSSR count). The van der Waals surface area contributed by atoms with Gasteiger partial charge < -0.3 is 0 Å². The highest BCUT2D eigenvalue weighted by molar-refractivity contribution is 5.81. The maximum absolute atomic E-state index is 12.4. The Morgan fingerprint density at radius 3 is 2.62 bits per heavy atom. The molecule has 0 saturated carbocycles. The third kappa shape index (κ3) is 1.66. The van der Waals surface area contributed by atoms with Gasteiger partial charge in [0.1, 0.15) is 0 Å². The van der Waals surface area contributed by atoms with Crippen LogP contribution in [0.4, 0.5) is 13.2 Å². The Balaban J connectivity index is 2.75. The van der Waals surface area contributed by atoms with Crippen molar-refractivity contribution in [1.82, 2.24) is 9.78 Å². The Bertz CT molecular complexity index is 601. The van der Waals surface area contributed by atoms with Gasteiger partial charge in [-0.2, -0.15) is 18.3 Å². The van der Waals surface area contributed by atoms with Crippen molar-refractivity contribution in [1.29, 1.82) is 0 Å². The summed E-state index contributed by atoms with van der Waals surface area (Å²) < 4.78 is 38.3. The number of fused-ring (bicyclic) bond motifs is 1. The van der Waals surface area contributed by atoms with E-state index in [1.54, 1.807) is 0 Å². The quantitative estimate of drug-likeness (QED) is 0.690. The predicted octanol–water partition coefficient (Wildman–Crippen LogP) is 1.95. The molecule has 0 fully saturated rings. The number of halogens is 3. The van der Waals surface area contributed by atoms with E-state index >= 15 is 0 Å². The van der Waals surface area contributed by atoms with E-state index in [4.69, 9.17) is 0 Å². The predicted molar refractivity (Wildman–Crippen MR) is 52.0 cm³/mol. The number of benzene rings is 1. The lowest BCUT2D eigenvalue weighted by molar-refractivity contribution is -0.137. The van der Waals surface area contributed by atoms with Gasteiger partial charge in [-0.1, -0.05) is 0 Å². The number of aromatic nitrogens is 2. The van der Waals surface area contributed by atoms with Gasteiger partial charge in [-0.25, -0.2) is 4.68 Å². The number of aryl methyl sites for hydroxylation is 1. The molecule has 16 heavy (non-hydrogen) atoms. The van der Waals surface area contributed by atoms with Gasteiger partial charge in [0, 0.05) is 12.4 Å². The van der Waals surface area contributed by atoms with E-state index in [0.717, 1.165) is 16.8 Å². The first-order valence-corrected chi connectivity index (χ1v) is 4.43. The highest BCUT2D eigenvalue weighted by Gasteiger charge is 2.30. The largest absolute Gasteiger partial charge is 0.416 e. The van der Waals surface area contributed by atoms with Gasteiger partial charge in [0.15, 0.2) is 0 Å². The first kappa shape index (κ1) is 10.7. The number of nitrogens with zero attached hydrogens (tertiary/aromatic N) is 2. The van der Waals surface area contributed by atoms with Gasteiger partial charge in [0.2, 0.25) is 0 Å². The fourth-order valence-corrected chi connectivity index (χ4v) is 1.42. The van der Waals surface area contributed by atoms with Crippen LogP contribution in [0.2, 0.25) is 0 Å². The second-order valence-electron chi connectivity index (χ2n) is 3.37. The lowest BCUT2D eigenvalue weighted by Gasteiger charge is -2.07. The van der Waals surface area contributed by atoms with E-state index in [2.05, 4.69) is 5.10 Å². The van der Waals surface area contributed by atoms with E-state index in [1.807, 2.05) is 0 Å². The maximum atomic E-state index is 12.4. The molecule has 3 nitrogen and oxygen atoms in total. The molecule has 0 unspecified atom stereocenters. The molecule has 0 radical (unpaired) electrons. The Morgan fingerprint density at radius 1 is 1.31 bits per heavy atom. The Labute approximate surface area is 88.1 Å². The van der Waals surface area contributed by atoms with Gasteiger partial charge in [-0.15, -0.1) is 0 Å². The molecule has 0 aliphatic heterocycles. The van der Waals surface area contributed by atoms with Crippen LogP contribution >= 0.6 is 0 Å². The van der Waals surface area contributed by atoms with Crippen molar-refractivity contribution >= 4 is 10.8 Å². The minimum atomic E-state index is -4.41. The van der Waals surface area contributed by atoms with Crippen LogP contribution in [0.3, 0.4) is 0 Å². The molecule has 0 saturated heterocycles. The van der Waals surface area contributed by atoms with Crippen LogP contribution in [0.1, 0.15) is 5.56 Å². The van der Waals surface area contributed by atoms with Gasteiger partial charge in [0.05, 0.1) is 17.1 Å². The minimum Gasteiger partial charge on any atom is -0.267 e. The summed E-state index contributed by atoms with van der Waals surface area (Å²) in [4.78, 5) is 11.5. The summed E-state index contributed by atoms with van der Waals surface area (Å²) in [5.41, 5.74) is -1.19. The lowest BCUT2D eigenvalue weighted by Crippen LogP contribution is -2.19. The molecule has 0 aliphatic rings. The molecule has 84 valence electrons. The minimum absolute atomic E-state index is 0.193. The van der Waals surface area contributed by atoms with Crippen molar-refractivity contribution in [2.24, 2.45) is 7.05 Å². The summed E-state index contributed by atoms with van der Waals surface area (Å²) in [5, 5.41) is 4.09. The molecule has 1 heterocycles. The molecule has 0 aliphatic carbocycles. The number of rotatable bonds is 0. The third-order valence-electron chi connectivity index (χ3n) is 2.27. The smallest absolute Gasteiger partial charge is 0.267 e. The molecular formula is C10H7F3N2O. The summed E-state index contributed by atoms with van der Waals surface area (Å²) in [6, 6.07) is 2.98. The SMILES string of the molecule is Cn1ncc2cc(C(F)(F)F)ccc2c1=O. The number of hydrogen-bond donors (Lipinski definition) is 0. The Kier molecular flexibility index (Phi) is 2.22. The van der Waals surface area contributed by atoms with Crippen LogP contribution in [0.5, 0.6) is 0 Å². The zero-order valence-electron chi connectivity index (χ0n) is 8.25. The molecule has 6 heteroatoms. The molecule has 0 spiro atoms. The van der Waals surface area contributed by atoms with E-state index in [1.165, 1.54) is 19.3 Å². The lowest BCUT2D eigenvalue weighted by atomic mass is 10.1. The molecule has 0 N–H and O–H groups in total. The molecule has 1 aromatic heterocycles. The second-order valence-corrected chi connectivity index (χ2v) is 3.37. The summed E-state index contributed by atoms with van der Waals surface area (Å²) in [5.74, 6) is 0. The first-order chi connectivity index (χ1) is 7.39. The average Bonchev–Trinajstić information content (AvgIpc) is 2.22. The van der Waals surface area contributed by atoms with Crippen LogP contribution in [0.25, 0.3) is 10.8 Å². The molecule has 0 atom stereocenters. The molecule has 2 aromatic rings. The van der Waals surface area contributed by atoms with Crippen molar-refractivity contribution in [3.8, 4) is 0 Å². The fraction of sp³-hybridized carbons (Fsp3) is 0.200. The van der Waals surface area contributed by atoms with Crippen LogP contribution in [0, 0.1) is 0 Å². The number of hydrogen-bond acceptors (Lipinski definition) is 2. The van der Waals surface area contributed by atoms with Crippen molar-refractivity contribution < 1.29 is 13.2 Å². The maximum Gasteiger partial charge on any atom is 0.416 e. The van der Waals surface area contributed by atoms with Crippen LogP contribution in [-0.2, 0) is 13.2 Å². The van der Waals surface area contributed by atoms with E-state index < -0.39 is 17.3 Å². The molecule has 0 bridgehead atoms. The molecular weight excluding hydrogens is 221 g/mol. The second kappa shape index (κ2) is 3.33. The van der Waals surface area contributed by atoms with Crippen LogP contribution in [-0.4, -0.2) is 9.78 Å². The van der Waals surface area contributed by atoms with E-state index in [0.29, 0.717) is 0 Å². The van der Waals surface area contributed by atoms with Gasteiger partial charge >= 0.3 is 6.18 Å². The topological polar surface area (TPSA) is 34.9 Å². The standard InChI is InChI=1S/C10H7F3N2O/c1-15-9(16)8-3-2-7(10(11,12)13)4-6(8)5-14-15/h2-5H,1H3. The summed E-state index contributed by atoms with van der Waals surface area (Å²) in [7, 11) is 1.44. The zero-order valence-corrected chi connectivity index (χ0v) is 8.25. The average molecular weight is 228 g/mol. The third-order valence-corrected chi connectivity index (χ3v) is 2.27. The fourth-order valence-electron chi connectivity index (χ4n) is 1.42. The Morgan fingerprint density at radius 2 is 2.00 bits per heavy atom. The number of alkyl halides is 3. The highest BCUT2D eigenvalue weighted by Crippen LogP contribution is 2.30. The summed E-state index contributed by atoms with van der Waals surface area (Å²) in [6.45, 7) is 0. The summed E-state index contributed by atoms with van der Waals surface area (Å²) in [6.07, 6.45) is -3.17. The van der Waals surface area contributed by atoms with Gasteiger partial charge in [-0.3, -0.25) is 4.79 Å². The van der Waals surface area contributed by atoms with Crippen LogP contribution < -0.4 is 5.56 Å². The molecule has 0 amide bonds. The van der Waals surface area contributed by atoms with Gasteiger partial charge in [-0.05, 0) is 18.2 Å². The van der Waals surface area contributed by atoms with Crippen molar-refractivity contribution in [3.63, 3.8) is 0 Å². The normalized spacial score (nSPS) is 12.0. The van der Waals surface area contributed by atoms with E-state index in [-0.39, 0.29) is 10.8 Å². The van der Waals surface area contributed by atoms with Gasteiger partial charge in [0.25, 0.3) is 5.56 Å². The van der Waals surface area contributed by atoms with E-state index in [9.17, 15) is 18.0 Å². The summed E-state index contributed by atoms with van der Waals surface area (Å²) >= 11 is 0. The van der Waals surface area contributed by atoms with Crippen molar-refractivity contribution in [2.75, 3.05) is 0 Å². The monoisotopic (exact) mass is 228 g/mol.